The number of fused-ring (bicyclic) bond motifs is 5. The fraction of sp³-hybridized carbons (Fsp3) is 0.600. The van der Waals surface area contributed by atoms with Crippen LogP contribution < -0.4 is 0 Å². The summed E-state index contributed by atoms with van der Waals surface area (Å²) in [5, 5.41) is 22.5. The molecule has 0 saturated carbocycles. The minimum absolute atomic E-state index is 0.199. The van der Waals surface area contributed by atoms with Crippen LogP contribution in [0.15, 0.2) is 24.3 Å². The largest absolute Gasteiger partial charge is 0.390 e. The maximum absolute atomic E-state index is 10.7. The molecule has 1 aromatic carbocycles. The summed E-state index contributed by atoms with van der Waals surface area (Å²) in [5.41, 5.74) is 3.96. The van der Waals surface area contributed by atoms with Gasteiger partial charge in [0.25, 0.3) is 0 Å². The molecule has 4 nitrogen and oxygen atoms in total. The highest BCUT2D eigenvalue weighted by Gasteiger charge is 2.46. The molecule has 1 saturated heterocycles. The van der Waals surface area contributed by atoms with Crippen molar-refractivity contribution in [2.45, 2.75) is 44.8 Å². The zero-order valence-electron chi connectivity index (χ0n) is 14.7. The molecule has 0 aliphatic carbocycles. The van der Waals surface area contributed by atoms with E-state index in [1.807, 2.05) is 0 Å². The number of hydrogen-bond donors (Lipinski definition) is 2. The first kappa shape index (κ1) is 16.1. The summed E-state index contributed by atoms with van der Waals surface area (Å²) < 4.78 is 2.33. The predicted molar refractivity (Wildman–Crippen MR) is 96.1 cm³/mol. The van der Waals surface area contributed by atoms with Gasteiger partial charge in [0.05, 0.1) is 12.2 Å². The number of hydrogen-bond acceptors (Lipinski definition) is 3. The summed E-state index contributed by atoms with van der Waals surface area (Å²) in [7, 11) is 2.16. The third-order valence-corrected chi connectivity index (χ3v) is 6.56. The van der Waals surface area contributed by atoms with Crippen LogP contribution in [0.2, 0.25) is 0 Å². The molecule has 2 bridgehead atoms. The zero-order valence-corrected chi connectivity index (χ0v) is 14.7. The van der Waals surface area contributed by atoms with Gasteiger partial charge in [0, 0.05) is 48.7 Å². The number of para-hydroxylation sites is 1. The average molecular weight is 328 g/mol. The second-order valence-electron chi connectivity index (χ2n) is 7.71. The summed E-state index contributed by atoms with van der Waals surface area (Å²) >= 11 is 0. The Labute approximate surface area is 143 Å². The monoisotopic (exact) mass is 328 g/mol. The molecule has 2 N–H and O–H groups in total. The van der Waals surface area contributed by atoms with E-state index < -0.39 is 12.2 Å². The molecule has 1 unspecified atom stereocenters. The highest BCUT2D eigenvalue weighted by atomic mass is 16.3. The molecular weight excluding hydrogens is 300 g/mol. The first-order chi connectivity index (χ1) is 11.6. The number of aryl methyl sites for hydroxylation is 1. The number of aliphatic hydroxyl groups excluding tert-OH is 2. The Morgan fingerprint density at radius 2 is 2.00 bits per heavy atom. The van der Waals surface area contributed by atoms with Crippen molar-refractivity contribution in [3.63, 3.8) is 0 Å². The first-order valence-corrected chi connectivity index (χ1v) is 9.19. The molecule has 4 atom stereocenters. The Morgan fingerprint density at radius 1 is 1.21 bits per heavy atom. The van der Waals surface area contributed by atoms with Gasteiger partial charge in [-0.25, -0.2) is 0 Å². The third-order valence-electron chi connectivity index (χ3n) is 6.56. The van der Waals surface area contributed by atoms with Gasteiger partial charge < -0.3 is 14.8 Å². The van der Waals surface area contributed by atoms with Gasteiger partial charge in [-0.05, 0) is 37.3 Å². The van der Waals surface area contributed by atoms with Crippen LogP contribution in [0.4, 0.5) is 0 Å². The molecule has 1 aromatic heterocycles. The van der Waals surface area contributed by atoms with Crippen LogP contribution in [0.3, 0.4) is 0 Å². The van der Waals surface area contributed by atoms with Crippen molar-refractivity contribution >= 4 is 10.9 Å². The van der Waals surface area contributed by atoms with Crippen molar-refractivity contribution in [1.82, 2.24) is 9.47 Å². The SMILES string of the molecule is CC[C@@]12CCc3c(c4ccccc4n3C)CCN(C[C@H](O)[C@H]1O)C2. The number of aromatic nitrogens is 1. The fourth-order valence-electron chi connectivity index (χ4n) is 5.03. The van der Waals surface area contributed by atoms with Crippen molar-refractivity contribution in [3.8, 4) is 0 Å². The first-order valence-electron chi connectivity index (χ1n) is 9.19. The minimum Gasteiger partial charge on any atom is -0.390 e. The maximum Gasteiger partial charge on any atom is 0.0931 e. The van der Waals surface area contributed by atoms with E-state index in [-0.39, 0.29) is 5.41 Å². The molecule has 130 valence electrons. The third kappa shape index (κ3) is 2.32. The molecule has 4 rings (SSSR count). The van der Waals surface area contributed by atoms with E-state index in [0.29, 0.717) is 6.54 Å². The van der Waals surface area contributed by atoms with Crippen molar-refractivity contribution in [2.75, 3.05) is 19.6 Å². The molecule has 24 heavy (non-hydrogen) atoms. The molecular formula is C20H28N2O2. The van der Waals surface area contributed by atoms with Crippen LogP contribution in [0.5, 0.6) is 0 Å². The van der Waals surface area contributed by atoms with E-state index in [1.165, 1.54) is 22.2 Å². The molecule has 2 aromatic rings. The highest BCUT2D eigenvalue weighted by Crippen LogP contribution is 2.40. The summed E-state index contributed by atoms with van der Waals surface area (Å²) in [5.74, 6) is 0. The van der Waals surface area contributed by atoms with Crippen molar-refractivity contribution in [3.05, 3.63) is 35.5 Å². The van der Waals surface area contributed by atoms with E-state index in [1.54, 1.807) is 0 Å². The highest BCUT2D eigenvalue weighted by molar-refractivity contribution is 5.85. The summed E-state index contributed by atoms with van der Waals surface area (Å²) in [6.45, 7) is 4.59. The number of benzene rings is 1. The lowest BCUT2D eigenvalue weighted by molar-refractivity contribution is -0.127. The average Bonchev–Trinajstić information content (AvgIpc) is 2.89. The van der Waals surface area contributed by atoms with E-state index in [0.717, 1.165) is 38.8 Å². The summed E-state index contributed by atoms with van der Waals surface area (Å²) in [6, 6.07) is 8.65. The Morgan fingerprint density at radius 3 is 2.79 bits per heavy atom. The second-order valence-corrected chi connectivity index (χ2v) is 7.71. The van der Waals surface area contributed by atoms with Crippen molar-refractivity contribution in [2.24, 2.45) is 12.5 Å². The Bertz CT molecular complexity index is 753. The lowest BCUT2D eigenvalue weighted by atomic mass is 9.71. The number of piperidine rings is 1. The van der Waals surface area contributed by atoms with Gasteiger partial charge in [0.15, 0.2) is 0 Å². The van der Waals surface area contributed by atoms with E-state index in [4.69, 9.17) is 0 Å². The number of rotatable bonds is 1. The Hall–Kier alpha value is -1.36. The smallest absolute Gasteiger partial charge is 0.0931 e. The van der Waals surface area contributed by atoms with Gasteiger partial charge in [-0.2, -0.15) is 0 Å². The number of nitrogens with zero attached hydrogens (tertiary/aromatic N) is 2. The lowest BCUT2D eigenvalue weighted by Gasteiger charge is -2.48. The zero-order chi connectivity index (χ0) is 16.9. The van der Waals surface area contributed by atoms with Crippen LogP contribution in [0.1, 0.15) is 31.0 Å². The van der Waals surface area contributed by atoms with E-state index >= 15 is 0 Å². The standard InChI is InChI=1S/C20H28N2O2/c1-3-20-10-8-17-15(14-6-4-5-7-16(14)21(17)2)9-11-22(13-20)12-18(23)19(20)24/h4-7,18-19,23-24H,3,8-13H2,1-2H3/t18-,19+,20-/m0/s1. The molecule has 0 radical (unpaired) electrons. The van der Waals surface area contributed by atoms with Crippen LogP contribution in [0, 0.1) is 5.41 Å². The van der Waals surface area contributed by atoms with Crippen molar-refractivity contribution < 1.29 is 10.2 Å². The Kier molecular flexibility index (Phi) is 3.94. The molecule has 4 heteroatoms. The van der Waals surface area contributed by atoms with E-state index in [9.17, 15) is 10.2 Å². The van der Waals surface area contributed by atoms with Crippen molar-refractivity contribution in [1.29, 1.82) is 0 Å². The van der Waals surface area contributed by atoms with Crippen LogP contribution in [-0.4, -0.2) is 51.5 Å². The van der Waals surface area contributed by atoms with E-state index in [2.05, 4.69) is 47.7 Å². The van der Waals surface area contributed by atoms with Gasteiger partial charge in [-0.15, -0.1) is 0 Å². The van der Waals surface area contributed by atoms with Crippen LogP contribution in [0.25, 0.3) is 10.9 Å². The van der Waals surface area contributed by atoms with Crippen LogP contribution >= 0.6 is 0 Å². The molecule has 2 aliphatic rings. The molecule has 1 fully saturated rings. The second kappa shape index (κ2) is 5.87. The fourth-order valence-corrected chi connectivity index (χ4v) is 5.03. The summed E-state index contributed by atoms with van der Waals surface area (Å²) in [6.07, 6.45) is 2.56. The van der Waals surface area contributed by atoms with Crippen LogP contribution in [-0.2, 0) is 19.9 Å². The predicted octanol–water partition coefficient (Wildman–Crippen LogP) is 2.10. The van der Waals surface area contributed by atoms with Gasteiger partial charge in [-0.1, -0.05) is 25.1 Å². The molecule has 0 amide bonds. The van der Waals surface area contributed by atoms with Gasteiger partial charge >= 0.3 is 0 Å². The quantitative estimate of drug-likeness (QED) is 0.843. The maximum atomic E-state index is 10.7. The summed E-state index contributed by atoms with van der Waals surface area (Å²) in [4.78, 5) is 2.36. The molecule has 3 heterocycles. The van der Waals surface area contributed by atoms with Gasteiger partial charge in [-0.3, -0.25) is 4.90 Å². The lowest BCUT2D eigenvalue weighted by Crippen LogP contribution is -2.59. The minimum atomic E-state index is -0.628. The topological polar surface area (TPSA) is 48.6 Å². The Balaban J connectivity index is 1.80. The van der Waals surface area contributed by atoms with Gasteiger partial charge in [0.1, 0.15) is 0 Å². The van der Waals surface area contributed by atoms with Gasteiger partial charge in [0.2, 0.25) is 0 Å². The molecule has 0 spiro atoms. The number of aliphatic hydroxyl groups is 2. The normalized spacial score (nSPS) is 33.6. The molecule has 2 aliphatic heterocycles.